The molecule has 0 bridgehead atoms. The van der Waals surface area contributed by atoms with Gasteiger partial charge in [-0.1, -0.05) is 11.3 Å². The molecule has 1 aliphatic heterocycles. The molecular formula is C17H11N3O6S. The number of aromatic hydroxyl groups is 2. The van der Waals surface area contributed by atoms with Gasteiger partial charge >= 0.3 is 0 Å². The number of rotatable bonds is 4. The summed E-state index contributed by atoms with van der Waals surface area (Å²) in [6, 6.07) is 5.43. The quantitative estimate of drug-likeness (QED) is 0.582. The Morgan fingerprint density at radius 2 is 2.04 bits per heavy atom. The zero-order valence-corrected chi connectivity index (χ0v) is 14.3. The van der Waals surface area contributed by atoms with E-state index in [1.54, 1.807) is 0 Å². The SMILES string of the molecule is O=C(C1=C(O)C(=O)N(c2nncs2)C1c1ccc(O)cc1O)c1ccco1. The van der Waals surface area contributed by atoms with E-state index < -0.39 is 23.5 Å². The van der Waals surface area contributed by atoms with E-state index in [0.29, 0.717) is 0 Å². The summed E-state index contributed by atoms with van der Waals surface area (Å²) >= 11 is 1.02. The normalized spacial score (nSPS) is 17.0. The van der Waals surface area contributed by atoms with Gasteiger partial charge in [0.05, 0.1) is 11.8 Å². The Balaban J connectivity index is 1.92. The van der Waals surface area contributed by atoms with E-state index >= 15 is 0 Å². The van der Waals surface area contributed by atoms with Crippen LogP contribution in [0.25, 0.3) is 0 Å². The lowest BCUT2D eigenvalue weighted by atomic mass is 9.94. The molecular weight excluding hydrogens is 374 g/mol. The second-order valence-corrected chi connectivity index (χ2v) is 6.42. The highest BCUT2D eigenvalue weighted by Crippen LogP contribution is 2.45. The number of aliphatic hydroxyl groups excluding tert-OH is 1. The first-order chi connectivity index (χ1) is 13.0. The van der Waals surface area contributed by atoms with Crippen LogP contribution in [0.5, 0.6) is 11.5 Å². The summed E-state index contributed by atoms with van der Waals surface area (Å²) in [6.07, 6.45) is 1.29. The number of hydrogen-bond acceptors (Lipinski definition) is 9. The number of hydrogen-bond donors (Lipinski definition) is 3. The lowest BCUT2D eigenvalue weighted by Gasteiger charge is -2.24. The van der Waals surface area contributed by atoms with Crippen molar-refractivity contribution in [3.05, 3.63) is 64.8 Å². The zero-order chi connectivity index (χ0) is 19.1. The molecule has 4 rings (SSSR count). The van der Waals surface area contributed by atoms with Crippen molar-refractivity contribution in [3.8, 4) is 11.5 Å². The van der Waals surface area contributed by atoms with Crippen LogP contribution in [0.1, 0.15) is 22.2 Å². The second kappa shape index (κ2) is 6.25. The lowest BCUT2D eigenvalue weighted by molar-refractivity contribution is -0.117. The Hall–Kier alpha value is -3.66. The molecule has 10 heteroatoms. The molecule has 0 fully saturated rings. The van der Waals surface area contributed by atoms with Crippen LogP contribution in [0.3, 0.4) is 0 Å². The highest BCUT2D eigenvalue weighted by Gasteiger charge is 2.47. The number of aromatic nitrogens is 2. The van der Waals surface area contributed by atoms with E-state index in [-0.39, 0.29) is 33.5 Å². The van der Waals surface area contributed by atoms with Crippen LogP contribution >= 0.6 is 11.3 Å². The molecule has 0 radical (unpaired) electrons. The number of Topliss-reactive ketones (excluding diaryl/α,β-unsaturated/α-hetero) is 1. The van der Waals surface area contributed by atoms with Crippen LogP contribution in [0.15, 0.2) is 57.9 Å². The molecule has 1 amide bonds. The van der Waals surface area contributed by atoms with Gasteiger partial charge in [-0.05, 0) is 24.3 Å². The summed E-state index contributed by atoms with van der Waals surface area (Å²) < 4.78 is 5.10. The fourth-order valence-corrected chi connectivity index (χ4v) is 3.49. The number of aliphatic hydroxyl groups is 1. The number of nitrogens with zero attached hydrogens (tertiary/aromatic N) is 3. The van der Waals surface area contributed by atoms with Crippen LogP contribution in [0.4, 0.5) is 5.13 Å². The monoisotopic (exact) mass is 385 g/mol. The minimum absolute atomic E-state index is 0.0771. The van der Waals surface area contributed by atoms with Gasteiger partial charge in [-0.3, -0.25) is 14.5 Å². The second-order valence-electron chi connectivity index (χ2n) is 5.61. The summed E-state index contributed by atoms with van der Waals surface area (Å²) in [6.45, 7) is 0. The van der Waals surface area contributed by atoms with E-state index in [0.717, 1.165) is 22.3 Å². The number of carbonyl (C=O) groups excluding carboxylic acids is 2. The van der Waals surface area contributed by atoms with Crippen LogP contribution < -0.4 is 4.90 Å². The van der Waals surface area contributed by atoms with Crippen LogP contribution in [0.2, 0.25) is 0 Å². The summed E-state index contributed by atoms with van der Waals surface area (Å²) in [5, 5.41) is 37.9. The molecule has 1 aliphatic rings. The molecule has 3 heterocycles. The Morgan fingerprint density at radius 1 is 1.22 bits per heavy atom. The first-order valence-electron chi connectivity index (χ1n) is 7.62. The van der Waals surface area contributed by atoms with E-state index in [1.165, 1.54) is 36.0 Å². The van der Waals surface area contributed by atoms with Crippen LogP contribution in [0, 0.1) is 0 Å². The molecule has 3 N–H and O–H groups in total. The van der Waals surface area contributed by atoms with E-state index in [1.807, 2.05) is 0 Å². The number of anilines is 1. The number of furan rings is 1. The zero-order valence-electron chi connectivity index (χ0n) is 13.4. The Bertz CT molecular complexity index is 1060. The molecule has 1 unspecified atom stereocenters. The molecule has 1 aromatic carbocycles. The van der Waals surface area contributed by atoms with Crippen molar-refractivity contribution in [2.24, 2.45) is 0 Å². The summed E-state index contributed by atoms with van der Waals surface area (Å²) in [5.74, 6) is -2.98. The van der Waals surface area contributed by atoms with Gasteiger partial charge in [-0.2, -0.15) is 0 Å². The van der Waals surface area contributed by atoms with Crippen LogP contribution in [-0.4, -0.2) is 37.2 Å². The fourth-order valence-electron chi connectivity index (χ4n) is 2.90. The fraction of sp³-hybridized carbons (Fsp3) is 0.0588. The minimum Gasteiger partial charge on any atom is -0.508 e. The topological polar surface area (TPSA) is 137 Å². The molecule has 3 aromatic rings. The molecule has 2 aromatic heterocycles. The summed E-state index contributed by atoms with van der Waals surface area (Å²) in [7, 11) is 0. The third-order valence-corrected chi connectivity index (χ3v) is 4.75. The largest absolute Gasteiger partial charge is 0.508 e. The first kappa shape index (κ1) is 16.8. The van der Waals surface area contributed by atoms with Crippen molar-refractivity contribution < 1.29 is 29.3 Å². The summed E-state index contributed by atoms with van der Waals surface area (Å²) in [5.41, 5.74) is 1.24. The predicted octanol–water partition coefficient (Wildman–Crippen LogP) is 2.33. The van der Waals surface area contributed by atoms with Gasteiger partial charge in [0.1, 0.15) is 23.1 Å². The third-order valence-electron chi connectivity index (χ3n) is 4.06. The van der Waals surface area contributed by atoms with Crippen molar-refractivity contribution in [2.45, 2.75) is 6.04 Å². The maximum absolute atomic E-state index is 12.9. The maximum atomic E-state index is 12.9. The standard InChI is InChI=1S/C17H11N3O6S/c21-8-3-4-9(10(22)6-8)13-12(14(23)11-2-1-5-26-11)15(24)16(25)20(13)17-19-18-7-27-17/h1-7,13,21-22,24H. The predicted molar refractivity (Wildman–Crippen MR) is 92.6 cm³/mol. The molecule has 0 aliphatic carbocycles. The minimum atomic E-state index is -1.18. The van der Waals surface area contributed by atoms with Crippen molar-refractivity contribution in [1.82, 2.24) is 10.2 Å². The molecule has 0 saturated heterocycles. The Kier molecular flexibility index (Phi) is 3.89. The van der Waals surface area contributed by atoms with E-state index in [4.69, 9.17) is 4.42 Å². The number of carbonyl (C=O) groups is 2. The molecule has 27 heavy (non-hydrogen) atoms. The van der Waals surface area contributed by atoms with Gasteiger partial charge in [0, 0.05) is 11.6 Å². The summed E-state index contributed by atoms with van der Waals surface area (Å²) in [4.78, 5) is 26.6. The van der Waals surface area contributed by atoms with Gasteiger partial charge in [-0.15, -0.1) is 10.2 Å². The molecule has 1 atom stereocenters. The van der Waals surface area contributed by atoms with Gasteiger partial charge in [0.2, 0.25) is 10.9 Å². The van der Waals surface area contributed by atoms with Gasteiger partial charge < -0.3 is 19.7 Å². The van der Waals surface area contributed by atoms with Gasteiger partial charge in [0.25, 0.3) is 5.91 Å². The van der Waals surface area contributed by atoms with Crippen molar-refractivity contribution >= 4 is 28.2 Å². The highest BCUT2D eigenvalue weighted by atomic mass is 32.1. The molecule has 136 valence electrons. The number of phenolic OH excluding ortho intramolecular Hbond substituents is 2. The van der Waals surface area contributed by atoms with E-state index in [9.17, 15) is 24.9 Å². The van der Waals surface area contributed by atoms with Crippen molar-refractivity contribution in [2.75, 3.05) is 4.90 Å². The Labute approximate surface area is 155 Å². The molecule has 9 nitrogen and oxygen atoms in total. The van der Waals surface area contributed by atoms with Crippen molar-refractivity contribution in [1.29, 1.82) is 0 Å². The Morgan fingerprint density at radius 3 is 2.67 bits per heavy atom. The van der Waals surface area contributed by atoms with E-state index in [2.05, 4.69) is 10.2 Å². The van der Waals surface area contributed by atoms with Crippen molar-refractivity contribution in [3.63, 3.8) is 0 Å². The first-order valence-corrected chi connectivity index (χ1v) is 8.50. The smallest absolute Gasteiger partial charge is 0.296 e. The van der Waals surface area contributed by atoms with Gasteiger partial charge in [0.15, 0.2) is 11.5 Å². The average molecular weight is 385 g/mol. The van der Waals surface area contributed by atoms with Crippen LogP contribution in [-0.2, 0) is 4.79 Å². The number of ketones is 1. The average Bonchev–Trinajstić information content (AvgIpc) is 3.37. The third kappa shape index (κ3) is 2.62. The molecule has 0 saturated carbocycles. The number of benzene rings is 1. The number of phenols is 2. The molecule has 0 spiro atoms. The highest BCUT2D eigenvalue weighted by molar-refractivity contribution is 7.13. The van der Waals surface area contributed by atoms with Gasteiger partial charge in [-0.25, -0.2) is 0 Å². The number of amides is 1. The lowest BCUT2D eigenvalue weighted by Crippen LogP contribution is -2.31. The maximum Gasteiger partial charge on any atom is 0.296 e.